The summed E-state index contributed by atoms with van der Waals surface area (Å²) in [6.07, 6.45) is 2.10. The van der Waals surface area contributed by atoms with Crippen molar-refractivity contribution in [1.82, 2.24) is 10.5 Å². The van der Waals surface area contributed by atoms with E-state index in [1.807, 2.05) is 24.8 Å². The number of aromatic nitrogens is 1. The minimum atomic E-state index is 0.803. The van der Waals surface area contributed by atoms with Crippen LogP contribution in [-0.2, 0) is 6.54 Å². The summed E-state index contributed by atoms with van der Waals surface area (Å²) < 4.78 is 4.93. The first-order valence-electron chi connectivity index (χ1n) is 3.95. The Labute approximate surface area is 76.9 Å². The predicted molar refractivity (Wildman–Crippen MR) is 51.3 cm³/mol. The minimum Gasteiger partial charge on any atom is -0.361 e. The topological polar surface area (TPSA) is 38.1 Å². The van der Waals surface area contributed by atoms with Crippen molar-refractivity contribution in [3.63, 3.8) is 0 Å². The van der Waals surface area contributed by atoms with Crippen molar-refractivity contribution in [2.24, 2.45) is 0 Å². The molecule has 0 aliphatic carbocycles. The molecule has 3 nitrogen and oxygen atoms in total. The van der Waals surface area contributed by atoms with Crippen molar-refractivity contribution >= 4 is 11.8 Å². The average Bonchev–Trinajstić information content (AvgIpc) is 2.45. The zero-order valence-corrected chi connectivity index (χ0v) is 8.28. The molecule has 0 radical (unpaired) electrons. The molecular formula is C8H14N2OS. The molecule has 0 atom stereocenters. The zero-order chi connectivity index (χ0) is 8.81. The maximum atomic E-state index is 4.93. The highest BCUT2D eigenvalue weighted by atomic mass is 32.2. The van der Waals surface area contributed by atoms with Crippen LogP contribution in [-0.4, -0.2) is 23.7 Å². The van der Waals surface area contributed by atoms with Crippen LogP contribution in [0.3, 0.4) is 0 Å². The Morgan fingerprint density at radius 3 is 3.08 bits per heavy atom. The van der Waals surface area contributed by atoms with Gasteiger partial charge in [0.25, 0.3) is 0 Å². The molecule has 4 heteroatoms. The van der Waals surface area contributed by atoms with Gasteiger partial charge in [0, 0.05) is 24.9 Å². The number of nitrogens with zero attached hydrogens (tertiary/aromatic N) is 1. The number of aryl methyl sites for hydroxylation is 1. The first-order chi connectivity index (χ1) is 5.83. The first kappa shape index (κ1) is 9.61. The summed E-state index contributed by atoms with van der Waals surface area (Å²) in [5, 5.41) is 7.14. The number of rotatable bonds is 5. The molecule has 0 bridgehead atoms. The monoisotopic (exact) mass is 186 g/mol. The third-order valence-electron chi connectivity index (χ3n) is 1.47. The molecule has 0 spiro atoms. The number of nitrogens with one attached hydrogen (secondary N) is 1. The van der Waals surface area contributed by atoms with Crippen molar-refractivity contribution in [1.29, 1.82) is 0 Å². The van der Waals surface area contributed by atoms with E-state index in [1.54, 1.807) is 0 Å². The van der Waals surface area contributed by atoms with Crippen molar-refractivity contribution in [2.45, 2.75) is 13.5 Å². The van der Waals surface area contributed by atoms with Crippen LogP contribution < -0.4 is 5.32 Å². The van der Waals surface area contributed by atoms with Gasteiger partial charge in [0.15, 0.2) is 0 Å². The molecule has 1 rings (SSSR count). The number of thioether (sulfide) groups is 1. The normalized spacial score (nSPS) is 10.5. The molecule has 68 valence electrons. The van der Waals surface area contributed by atoms with Crippen LogP contribution in [0.2, 0.25) is 0 Å². The third-order valence-corrected chi connectivity index (χ3v) is 2.08. The standard InChI is InChI=1S/C8H14N2OS/c1-7-5-8(10-11-7)6-9-3-4-12-2/h5,9H,3-4,6H2,1-2H3. The lowest BCUT2D eigenvalue weighted by molar-refractivity contribution is 0.388. The predicted octanol–water partition coefficient (Wildman–Crippen LogP) is 1.44. The lowest BCUT2D eigenvalue weighted by Gasteiger charge is -1.98. The van der Waals surface area contributed by atoms with E-state index in [0.29, 0.717) is 0 Å². The quantitative estimate of drug-likeness (QED) is 0.706. The van der Waals surface area contributed by atoms with Gasteiger partial charge in [-0.1, -0.05) is 5.16 Å². The second-order valence-corrected chi connectivity index (χ2v) is 3.58. The van der Waals surface area contributed by atoms with Crippen LogP contribution in [0.4, 0.5) is 0 Å². The second-order valence-electron chi connectivity index (χ2n) is 2.60. The lowest BCUT2D eigenvalue weighted by atomic mass is 10.4. The average molecular weight is 186 g/mol. The molecule has 1 N–H and O–H groups in total. The largest absolute Gasteiger partial charge is 0.361 e. The molecular weight excluding hydrogens is 172 g/mol. The van der Waals surface area contributed by atoms with Crippen molar-refractivity contribution in [3.8, 4) is 0 Å². The van der Waals surface area contributed by atoms with Gasteiger partial charge in [-0.05, 0) is 13.2 Å². The summed E-state index contributed by atoms with van der Waals surface area (Å²) in [6.45, 7) is 3.73. The van der Waals surface area contributed by atoms with Crippen LogP contribution in [0.5, 0.6) is 0 Å². The highest BCUT2D eigenvalue weighted by Gasteiger charge is 1.97. The summed E-state index contributed by atoms with van der Waals surface area (Å²) in [4.78, 5) is 0. The fourth-order valence-corrected chi connectivity index (χ4v) is 1.24. The van der Waals surface area contributed by atoms with Gasteiger partial charge in [0.2, 0.25) is 0 Å². The first-order valence-corrected chi connectivity index (χ1v) is 5.34. The Morgan fingerprint density at radius 2 is 2.50 bits per heavy atom. The minimum absolute atomic E-state index is 0.803. The summed E-state index contributed by atoms with van der Waals surface area (Å²) in [5.74, 6) is 2.01. The Kier molecular flexibility index (Phi) is 4.18. The molecule has 1 aromatic heterocycles. The van der Waals surface area contributed by atoms with E-state index in [9.17, 15) is 0 Å². The Hall–Kier alpha value is -0.480. The third kappa shape index (κ3) is 3.28. The maximum Gasteiger partial charge on any atom is 0.133 e. The van der Waals surface area contributed by atoms with Crippen LogP contribution >= 0.6 is 11.8 Å². The molecule has 0 amide bonds. The van der Waals surface area contributed by atoms with E-state index in [1.165, 1.54) is 0 Å². The molecule has 0 aromatic carbocycles. The van der Waals surface area contributed by atoms with Crippen molar-refractivity contribution in [3.05, 3.63) is 17.5 Å². The van der Waals surface area contributed by atoms with Crippen LogP contribution in [0, 0.1) is 6.92 Å². The van der Waals surface area contributed by atoms with Gasteiger partial charge in [-0.15, -0.1) is 0 Å². The highest BCUT2D eigenvalue weighted by molar-refractivity contribution is 7.98. The molecule has 1 aromatic rings. The fraction of sp³-hybridized carbons (Fsp3) is 0.625. The van der Waals surface area contributed by atoms with E-state index >= 15 is 0 Å². The Bertz CT molecular complexity index is 225. The molecule has 0 aliphatic heterocycles. The van der Waals surface area contributed by atoms with Crippen LogP contribution in [0.25, 0.3) is 0 Å². The SMILES string of the molecule is CSCCNCc1cc(C)on1. The van der Waals surface area contributed by atoms with Gasteiger partial charge >= 0.3 is 0 Å². The van der Waals surface area contributed by atoms with E-state index in [2.05, 4.69) is 16.7 Å². The summed E-state index contributed by atoms with van der Waals surface area (Å²) in [5.41, 5.74) is 0.980. The van der Waals surface area contributed by atoms with E-state index in [0.717, 1.165) is 30.3 Å². The smallest absolute Gasteiger partial charge is 0.133 e. The Morgan fingerprint density at radius 1 is 1.67 bits per heavy atom. The maximum absolute atomic E-state index is 4.93. The molecule has 0 saturated carbocycles. The van der Waals surface area contributed by atoms with Crippen LogP contribution in [0.15, 0.2) is 10.6 Å². The van der Waals surface area contributed by atoms with Gasteiger partial charge in [-0.2, -0.15) is 11.8 Å². The summed E-state index contributed by atoms with van der Waals surface area (Å²) in [7, 11) is 0. The van der Waals surface area contributed by atoms with Gasteiger partial charge in [-0.25, -0.2) is 0 Å². The fourth-order valence-electron chi connectivity index (χ4n) is 0.892. The number of hydrogen-bond acceptors (Lipinski definition) is 4. The lowest BCUT2D eigenvalue weighted by Crippen LogP contribution is -2.16. The second kappa shape index (κ2) is 5.22. The van der Waals surface area contributed by atoms with E-state index in [-0.39, 0.29) is 0 Å². The molecule has 12 heavy (non-hydrogen) atoms. The molecule has 0 fully saturated rings. The number of hydrogen-bond donors (Lipinski definition) is 1. The highest BCUT2D eigenvalue weighted by Crippen LogP contribution is 2.00. The van der Waals surface area contributed by atoms with Crippen molar-refractivity contribution < 1.29 is 4.52 Å². The van der Waals surface area contributed by atoms with Crippen LogP contribution in [0.1, 0.15) is 11.5 Å². The summed E-state index contributed by atoms with van der Waals surface area (Å²) >= 11 is 1.84. The molecule has 0 saturated heterocycles. The van der Waals surface area contributed by atoms with Gasteiger partial charge in [-0.3, -0.25) is 0 Å². The van der Waals surface area contributed by atoms with E-state index < -0.39 is 0 Å². The Balaban J connectivity index is 2.15. The molecule has 1 heterocycles. The van der Waals surface area contributed by atoms with Gasteiger partial charge < -0.3 is 9.84 Å². The van der Waals surface area contributed by atoms with Crippen molar-refractivity contribution in [2.75, 3.05) is 18.6 Å². The zero-order valence-electron chi connectivity index (χ0n) is 7.46. The molecule has 0 aliphatic rings. The molecule has 0 unspecified atom stereocenters. The van der Waals surface area contributed by atoms with Gasteiger partial charge in [0.1, 0.15) is 5.76 Å². The van der Waals surface area contributed by atoms with E-state index in [4.69, 9.17) is 4.52 Å². The summed E-state index contributed by atoms with van der Waals surface area (Å²) in [6, 6.07) is 1.95. The van der Waals surface area contributed by atoms with Gasteiger partial charge in [0.05, 0.1) is 5.69 Å².